The summed E-state index contributed by atoms with van der Waals surface area (Å²) in [7, 11) is 0. The number of hydrogen-bond acceptors (Lipinski definition) is 2. The lowest BCUT2D eigenvalue weighted by Crippen LogP contribution is -1.92. The van der Waals surface area contributed by atoms with Gasteiger partial charge < -0.3 is 11.1 Å². The standard InChI is InChI=1S/C8H10N2.C2H4/c1-6-2-3-7(5-9)8(10)4-6;1-2/h2-5,9H,10H2,1H3;1-2H2. The largest absolute Gasteiger partial charge is 0.398 e. The summed E-state index contributed by atoms with van der Waals surface area (Å²) in [5, 5.41) is 6.95. The van der Waals surface area contributed by atoms with Crippen molar-refractivity contribution in [3.05, 3.63) is 42.5 Å². The molecule has 0 saturated carbocycles. The number of nitrogen functional groups attached to an aromatic ring is 1. The molecular weight excluding hydrogens is 148 g/mol. The van der Waals surface area contributed by atoms with E-state index in [1.54, 1.807) is 0 Å². The SMILES string of the molecule is C=C.Cc1ccc(C=N)c(N)c1. The van der Waals surface area contributed by atoms with E-state index < -0.39 is 0 Å². The smallest absolute Gasteiger partial charge is 0.0405 e. The van der Waals surface area contributed by atoms with Crippen LogP contribution in [0.2, 0.25) is 0 Å². The van der Waals surface area contributed by atoms with Crippen LogP contribution < -0.4 is 5.73 Å². The maximum Gasteiger partial charge on any atom is 0.0405 e. The molecule has 1 rings (SSSR count). The van der Waals surface area contributed by atoms with Crippen LogP contribution in [0.15, 0.2) is 31.4 Å². The monoisotopic (exact) mass is 162 g/mol. The number of hydrogen-bond donors (Lipinski definition) is 2. The van der Waals surface area contributed by atoms with Gasteiger partial charge in [0.15, 0.2) is 0 Å². The van der Waals surface area contributed by atoms with Gasteiger partial charge in [-0.1, -0.05) is 12.1 Å². The lowest BCUT2D eigenvalue weighted by atomic mass is 10.1. The number of nitrogens with two attached hydrogens (primary N) is 1. The van der Waals surface area contributed by atoms with E-state index in [9.17, 15) is 0 Å². The summed E-state index contributed by atoms with van der Waals surface area (Å²) in [6, 6.07) is 5.65. The molecule has 0 aliphatic heterocycles. The van der Waals surface area contributed by atoms with E-state index in [0.717, 1.165) is 11.1 Å². The number of aryl methyl sites for hydroxylation is 1. The molecule has 0 amide bonds. The maximum absolute atomic E-state index is 6.95. The zero-order valence-corrected chi connectivity index (χ0v) is 7.30. The molecular formula is C10H14N2. The molecule has 2 heteroatoms. The van der Waals surface area contributed by atoms with Gasteiger partial charge in [-0.3, -0.25) is 0 Å². The molecule has 1 aromatic carbocycles. The Morgan fingerprint density at radius 2 is 2.00 bits per heavy atom. The molecule has 3 N–H and O–H groups in total. The van der Waals surface area contributed by atoms with Crippen LogP contribution >= 0.6 is 0 Å². The number of benzene rings is 1. The van der Waals surface area contributed by atoms with Gasteiger partial charge in [-0.2, -0.15) is 0 Å². The van der Waals surface area contributed by atoms with Crippen LogP contribution in [0.3, 0.4) is 0 Å². The Kier molecular flexibility index (Phi) is 4.46. The van der Waals surface area contributed by atoms with E-state index in [0.29, 0.717) is 5.69 Å². The molecule has 0 saturated heterocycles. The van der Waals surface area contributed by atoms with Gasteiger partial charge in [0.05, 0.1) is 0 Å². The minimum absolute atomic E-state index is 0.676. The van der Waals surface area contributed by atoms with Crippen molar-refractivity contribution in [1.82, 2.24) is 0 Å². The van der Waals surface area contributed by atoms with E-state index >= 15 is 0 Å². The Morgan fingerprint density at radius 3 is 2.42 bits per heavy atom. The summed E-state index contributed by atoms with van der Waals surface area (Å²) in [6.45, 7) is 7.98. The Labute approximate surface area is 73.2 Å². The molecule has 64 valence electrons. The highest BCUT2D eigenvalue weighted by Crippen LogP contribution is 2.10. The third-order valence-electron chi connectivity index (χ3n) is 1.40. The first-order chi connectivity index (χ1) is 5.74. The summed E-state index contributed by atoms with van der Waals surface area (Å²) >= 11 is 0. The van der Waals surface area contributed by atoms with Crippen molar-refractivity contribution < 1.29 is 0 Å². The van der Waals surface area contributed by atoms with Crippen molar-refractivity contribution in [2.45, 2.75) is 6.92 Å². The Bertz CT molecular complexity index is 267. The fraction of sp³-hybridized carbons (Fsp3) is 0.100. The van der Waals surface area contributed by atoms with Crippen LogP contribution in [-0.2, 0) is 0 Å². The average Bonchev–Trinajstić information content (AvgIpc) is 2.08. The zero-order valence-electron chi connectivity index (χ0n) is 7.30. The maximum atomic E-state index is 6.95. The normalized spacial score (nSPS) is 8.08. The lowest BCUT2D eigenvalue weighted by molar-refractivity contribution is 1.45. The van der Waals surface area contributed by atoms with Gasteiger partial charge in [-0.25, -0.2) is 0 Å². The number of rotatable bonds is 1. The highest BCUT2D eigenvalue weighted by atomic mass is 14.6. The molecule has 0 heterocycles. The first kappa shape index (κ1) is 10.4. The van der Waals surface area contributed by atoms with Crippen LogP contribution in [0.25, 0.3) is 0 Å². The van der Waals surface area contributed by atoms with Crippen molar-refractivity contribution in [2.24, 2.45) is 0 Å². The Morgan fingerprint density at radius 1 is 1.42 bits per heavy atom. The van der Waals surface area contributed by atoms with Gasteiger partial charge in [0.2, 0.25) is 0 Å². The molecule has 0 bridgehead atoms. The highest BCUT2D eigenvalue weighted by Gasteiger charge is 1.92. The third-order valence-corrected chi connectivity index (χ3v) is 1.40. The summed E-state index contributed by atoms with van der Waals surface area (Å²) in [5.74, 6) is 0. The van der Waals surface area contributed by atoms with Gasteiger partial charge in [-0.05, 0) is 18.6 Å². The van der Waals surface area contributed by atoms with Crippen LogP contribution in [0.4, 0.5) is 5.69 Å². The predicted octanol–water partition coefficient (Wildman–Crippen LogP) is 2.38. The number of anilines is 1. The molecule has 0 aliphatic carbocycles. The topological polar surface area (TPSA) is 49.9 Å². The minimum atomic E-state index is 0.676. The van der Waals surface area contributed by atoms with Gasteiger partial charge in [0, 0.05) is 17.5 Å². The molecule has 0 atom stereocenters. The quantitative estimate of drug-likeness (QED) is 0.372. The van der Waals surface area contributed by atoms with Gasteiger partial charge in [0.1, 0.15) is 0 Å². The molecule has 0 unspecified atom stereocenters. The molecule has 12 heavy (non-hydrogen) atoms. The highest BCUT2D eigenvalue weighted by molar-refractivity contribution is 5.84. The second-order valence-electron chi connectivity index (χ2n) is 2.28. The van der Waals surface area contributed by atoms with Crippen LogP contribution in [-0.4, -0.2) is 6.21 Å². The van der Waals surface area contributed by atoms with Crippen molar-refractivity contribution in [3.63, 3.8) is 0 Å². The minimum Gasteiger partial charge on any atom is -0.398 e. The van der Waals surface area contributed by atoms with Gasteiger partial charge >= 0.3 is 0 Å². The fourth-order valence-corrected chi connectivity index (χ4v) is 0.826. The zero-order chi connectivity index (χ0) is 9.56. The van der Waals surface area contributed by atoms with Crippen LogP contribution in [0, 0.1) is 12.3 Å². The van der Waals surface area contributed by atoms with Crippen molar-refractivity contribution in [1.29, 1.82) is 5.41 Å². The first-order valence-corrected chi connectivity index (χ1v) is 3.60. The van der Waals surface area contributed by atoms with Crippen molar-refractivity contribution in [2.75, 3.05) is 5.73 Å². The van der Waals surface area contributed by atoms with E-state index in [4.69, 9.17) is 11.1 Å². The van der Waals surface area contributed by atoms with Crippen molar-refractivity contribution in [3.8, 4) is 0 Å². The molecule has 2 nitrogen and oxygen atoms in total. The summed E-state index contributed by atoms with van der Waals surface area (Å²) in [5.41, 5.74) is 8.17. The average molecular weight is 162 g/mol. The second-order valence-corrected chi connectivity index (χ2v) is 2.28. The third kappa shape index (κ3) is 2.58. The molecule has 0 fully saturated rings. The molecule has 0 aliphatic rings. The van der Waals surface area contributed by atoms with E-state index in [2.05, 4.69) is 13.2 Å². The van der Waals surface area contributed by atoms with Crippen LogP contribution in [0.1, 0.15) is 11.1 Å². The van der Waals surface area contributed by atoms with Gasteiger partial charge in [0.25, 0.3) is 0 Å². The van der Waals surface area contributed by atoms with Gasteiger partial charge in [-0.15, -0.1) is 13.2 Å². The first-order valence-electron chi connectivity index (χ1n) is 3.60. The number of nitrogens with one attached hydrogen (secondary N) is 1. The Balaban J connectivity index is 0.000000561. The fourth-order valence-electron chi connectivity index (χ4n) is 0.826. The Hall–Kier alpha value is -1.57. The summed E-state index contributed by atoms with van der Waals surface area (Å²) < 4.78 is 0. The summed E-state index contributed by atoms with van der Waals surface area (Å²) in [4.78, 5) is 0. The lowest BCUT2D eigenvalue weighted by Gasteiger charge is -1.98. The van der Waals surface area contributed by atoms with E-state index in [-0.39, 0.29) is 0 Å². The van der Waals surface area contributed by atoms with E-state index in [1.807, 2.05) is 25.1 Å². The molecule has 0 radical (unpaired) electrons. The predicted molar refractivity (Wildman–Crippen MR) is 54.7 cm³/mol. The molecule has 1 aromatic rings. The summed E-state index contributed by atoms with van der Waals surface area (Å²) in [6.07, 6.45) is 1.26. The van der Waals surface area contributed by atoms with Crippen molar-refractivity contribution >= 4 is 11.9 Å². The second kappa shape index (κ2) is 5.13. The molecule has 0 spiro atoms. The van der Waals surface area contributed by atoms with E-state index in [1.165, 1.54) is 6.21 Å². The van der Waals surface area contributed by atoms with Crippen LogP contribution in [0.5, 0.6) is 0 Å². The molecule has 0 aromatic heterocycles.